The molecule has 1 aromatic heterocycles. The van der Waals surface area contributed by atoms with Gasteiger partial charge in [0.15, 0.2) is 16.7 Å². The van der Waals surface area contributed by atoms with Gasteiger partial charge < -0.3 is 20.5 Å². The fraction of sp³-hybridized carbons (Fsp3) is 0.516. The quantitative estimate of drug-likeness (QED) is 0.224. The van der Waals surface area contributed by atoms with E-state index in [1.165, 1.54) is 16.9 Å². The van der Waals surface area contributed by atoms with E-state index in [9.17, 15) is 19.2 Å². The maximum atomic E-state index is 13.8. The van der Waals surface area contributed by atoms with Crippen molar-refractivity contribution in [3.63, 3.8) is 0 Å². The van der Waals surface area contributed by atoms with E-state index in [0.717, 1.165) is 29.7 Å². The normalized spacial score (nSPS) is 20.0. The lowest BCUT2D eigenvalue weighted by atomic mass is 9.83. The molecule has 2 aliphatic rings. The Morgan fingerprint density at radius 3 is 2.49 bits per heavy atom. The van der Waals surface area contributed by atoms with Gasteiger partial charge in [0.25, 0.3) is 0 Å². The number of nitrogens with zero attached hydrogens (tertiary/aromatic N) is 1. The fourth-order valence-electron chi connectivity index (χ4n) is 5.23. The second-order valence-electron chi connectivity index (χ2n) is 11.3. The van der Waals surface area contributed by atoms with Crippen LogP contribution in [0.15, 0.2) is 42.1 Å². The number of ketones is 3. The predicted octanol–water partition coefficient (Wildman–Crippen LogP) is 4.03. The van der Waals surface area contributed by atoms with Crippen molar-refractivity contribution in [1.29, 1.82) is 0 Å². The number of methoxy groups -OCH3 is 1. The van der Waals surface area contributed by atoms with Crippen molar-refractivity contribution in [2.24, 2.45) is 11.8 Å². The summed E-state index contributed by atoms with van der Waals surface area (Å²) in [5.41, 5.74) is 6.86. The Labute approximate surface area is 244 Å². The van der Waals surface area contributed by atoms with E-state index >= 15 is 0 Å². The predicted molar refractivity (Wildman–Crippen MR) is 157 cm³/mol. The van der Waals surface area contributed by atoms with Crippen molar-refractivity contribution in [1.82, 2.24) is 10.3 Å². The Hall–Kier alpha value is -3.37. The largest absolute Gasteiger partial charge is 0.497 e. The molecule has 2 heterocycles. The number of amides is 1. The number of Topliss-reactive ketones (excluding diaryl/α,β-unsaturated/α-hetero) is 3. The molecule has 0 radical (unpaired) electrons. The van der Waals surface area contributed by atoms with Crippen LogP contribution in [-0.2, 0) is 36.8 Å². The van der Waals surface area contributed by atoms with Gasteiger partial charge in [-0.3, -0.25) is 19.2 Å². The number of allylic oxidation sites excluding steroid dienone is 2. The van der Waals surface area contributed by atoms with E-state index in [2.05, 4.69) is 16.4 Å². The lowest BCUT2D eigenvalue weighted by Gasteiger charge is -2.24. The topological polar surface area (TPSA) is 141 Å². The summed E-state index contributed by atoms with van der Waals surface area (Å²) in [6, 6.07) is 6.45. The van der Waals surface area contributed by atoms with Crippen LogP contribution in [0.2, 0.25) is 0 Å². The zero-order valence-electron chi connectivity index (χ0n) is 23.9. The number of anilines is 1. The molecule has 0 saturated carbocycles. The molecule has 1 saturated heterocycles. The van der Waals surface area contributed by atoms with Gasteiger partial charge in [-0.05, 0) is 56.7 Å². The smallest absolute Gasteiger partial charge is 0.223 e. The van der Waals surface area contributed by atoms with Gasteiger partial charge in [-0.25, -0.2) is 4.98 Å². The number of carbonyl (C=O) groups is 4. The molecule has 3 N–H and O–H groups in total. The van der Waals surface area contributed by atoms with Gasteiger partial charge in [-0.15, -0.1) is 11.3 Å². The van der Waals surface area contributed by atoms with Gasteiger partial charge >= 0.3 is 0 Å². The van der Waals surface area contributed by atoms with Crippen molar-refractivity contribution in [3.8, 4) is 5.75 Å². The highest BCUT2D eigenvalue weighted by molar-refractivity contribution is 7.15. The summed E-state index contributed by atoms with van der Waals surface area (Å²) in [6.45, 7) is 3.81. The molecule has 220 valence electrons. The summed E-state index contributed by atoms with van der Waals surface area (Å²) >= 11 is 1.25. The maximum absolute atomic E-state index is 13.8. The van der Waals surface area contributed by atoms with Gasteiger partial charge in [-0.1, -0.05) is 30.7 Å². The van der Waals surface area contributed by atoms with Crippen LogP contribution in [0.1, 0.15) is 62.8 Å². The van der Waals surface area contributed by atoms with Crippen molar-refractivity contribution in [3.05, 3.63) is 52.6 Å². The monoisotopic (exact) mass is 581 g/mol. The van der Waals surface area contributed by atoms with Gasteiger partial charge in [0, 0.05) is 42.2 Å². The molecule has 2 aromatic rings. The molecular weight excluding hydrogens is 542 g/mol. The van der Waals surface area contributed by atoms with Gasteiger partial charge in [-0.2, -0.15) is 0 Å². The molecule has 41 heavy (non-hydrogen) atoms. The van der Waals surface area contributed by atoms with Crippen molar-refractivity contribution in [2.45, 2.75) is 76.9 Å². The Balaban J connectivity index is 1.46. The van der Waals surface area contributed by atoms with Crippen molar-refractivity contribution < 1.29 is 28.7 Å². The number of nitrogen functional groups attached to an aromatic ring is 1. The highest BCUT2D eigenvalue weighted by Gasteiger charge is 2.50. The Kier molecular flexibility index (Phi) is 10.1. The standard InChI is InChI=1S/C31H39N3O6S/c1-19(12-23(35)16-25-17-33-30(32)41-25)29(38)34-26(14-21-8-10-24(39-3)11-9-21)27(36)15-22(13-20-6-4-5-7-20)28(37)31(2)18-40-31/h6,8-11,17,19,22,26H,4-5,7,12-16,18H2,1-3H3,(H2,32,33)(H,34,38). The minimum absolute atomic E-state index is 0.0103. The van der Waals surface area contributed by atoms with Crippen LogP contribution in [-0.4, -0.2) is 53.6 Å². The molecule has 0 bridgehead atoms. The minimum atomic E-state index is -0.851. The molecule has 0 spiro atoms. The zero-order chi connectivity index (χ0) is 29.6. The molecular formula is C31H39N3O6S. The Morgan fingerprint density at radius 1 is 1.17 bits per heavy atom. The van der Waals surface area contributed by atoms with E-state index in [0.29, 0.717) is 23.9 Å². The first-order chi connectivity index (χ1) is 19.6. The third-order valence-corrected chi connectivity index (χ3v) is 8.62. The maximum Gasteiger partial charge on any atom is 0.223 e. The number of hydrogen-bond donors (Lipinski definition) is 2. The summed E-state index contributed by atoms with van der Waals surface area (Å²) in [4.78, 5) is 57.7. The first kappa shape index (κ1) is 30.6. The number of nitrogens with two attached hydrogens (primary N) is 1. The summed E-state index contributed by atoms with van der Waals surface area (Å²) in [7, 11) is 1.58. The number of carbonyl (C=O) groups excluding carboxylic acids is 4. The first-order valence-electron chi connectivity index (χ1n) is 14.1. The first-order valence-corrected chi connectivity index (χ1v) is 14.9. The second-order valence-corrected chi connectivity index (χ2v) is 12.5. The Bertz CT molecular complexity index is 1300. The summed E-state index contributed by atoms with van der Waals surface area (Å²) in [6.07, 6.45) is 7.68. The van der Waals surface area contributed by atoms with Gasteiger partial charge in [0.1, 0.15) is 17.1 Å². The lowest BCUT2D eigenvalue weighted by Crippen LogP contribution is -2.46. The molecule has 4 atom stereocenters. The van der Waals surface area contributed by atoms with Crippen LogP contribution in [0.3, 0.4) is 0 Å². The SMILES string of the molecule is COc1ccc(CC(NC(=O)C(C)CC(=O)Cc2cnc(N)s2)C(=O)CC(CC2=CCCC2)C(=O)C2(C)CO2)cc1. The van der Waals surface area contributed by atoms with E-state index < -0.39 is 23.5 Å². The molecule has 4 rings (SSSR count). The molecule has 1 fully saturated rings. The van der Waals surface area contributed by atoms with Crippen molar-refractivity contribution >= 4 is 39.7 Å². The third-order valence-electron chi connectivity index (χ3n) is 7.79. The molecule has 4 unspecified atom stereocenters. The molecule has 1 aromatic carbocycles. The van der Waals surface area contributed by atoms with Crippen LogP contribution in [0.4, 0.5) is 5.13 Å². The zero-order valence-corrected chi connectivity index (χ0v) is 24.8. The summed E-state index contributed by atoms with van der Waals surface area (Å²) in [5, 5.41) is 3.29. The van der Waals surface area contributed by atoms with Crippen LogP contribution in [0, 0.1) is 11.8 Å². The van der Waals surface area contributed by atoms with E-state index in [4.69, 9.17) is 15.2 Å². The number of rotatable bonds is 16. The number of aromatic nitrogens is 1. The van der Waals surface area contributed by atoms with E-state index in [1.807, 2.05) is 12.1 Å². The van der Waals surface area contributed by atoms with E-state index in [-0.39, 0.29) is 48.9 Å². The number of thiazole rings is 1. The molecule has 10 heteroatoms. The third kappa shape index (κ3) is 8.56. The molecule has 1 aliphatic carbocycles. The van der Waals surface area contributed by atoms with Gasteiger partial charge in [0.05, 0.1) is 19.8 Å². The van der Waals surface area contributed by atoms with Crippen LogP contribution in [0.25, 0.3) is 0 Å². The molecule has 1 aliphatic heterocycles. The van der Waals surface area contributed by atoms with Crippen LogP contribution < -0.4 is 15.8 Å². The van der Waals surface area contributed by atoms with Crippen LogP contribution >= 0.6 is 11.3 Å². The van der Waals surface area contributed by atoms with Crippen molar-refractivity contribution in [2.75, 3.05) is 19.5 Å². The molecule has 1 amide bonds. The van der Waals surface area contributed by atoms with Crippen LogP contribution in [0.5, 0.6) is 5.75 Å². The Morgan fingerprint density at radius 2 is 1.90 bits per heavy atom. The van der Waals surface area contributed by atoms with E-state index in [1.54, 1.807) is 39.3 Å². The molecule has 9 nitrogen and oxygen atoms in total. The average Bonchev–Trinajstić information content (AvgIpc) is 3.28. The fourth-order valence-corrected chi connectivity index (χ4v) is 5.94. The lowest BCUT2D eigenvalue weighted by molar-refractivity contribution is -0.134. The minimum Gasteiger partial charge on any atom is -0.497 e. The van der Waals surface area contributed by atoms with Gasteiger partial charge in [0.2, 0.25) is 5.91 Å². The number of nitrogens with one attached hydrogen (secondary N) is 1. The second kappa shape index (κ2) is 13.5. The highest BCUT2D eigenvalue weighted by atomic mass is 32.1. The summed E-state index contributed by atoms with van der Waals surface area (Å²) < 4.78 is 10.7. The number of epoxide rings is 1. The number of ether oxygens (including phenoxy) is 2. The summed E-state index contributed by atoms with van der Waals surface area (Å²) in [5.74, 6) is -1.23. The highest BCUT2D eigenvalue weighted by Crippen LogP contribution is 2.35. The number of hydrogen-bond acceptors (Lipinski definition) is 9. The average molecular weight is 582 g/mol. The number of benzene rings is 1.